The molecule has 2 aromatic rings. The van der Waals surface area contributed by atoms with Gasteiger partial charge in [-0.15, -0.1) is 0 Å². The van der Waals surface area contributed by atoms with Gasteiger partial charge >= 0.3 is 0 Å². The van der Waals surface area contributed by atoms with Gasteiger partial charge < -0.3 is 9.47 Å². The van der Waals surface area contributed by atoms with Crippen molar-refractivity contribution in [3.63, 3.8) is 0 Å². The number of nitrogens with zero attached hydrogens (tertiary/aromatic N) is 1. The van der Waals surface area contributed by atoms with Crippen molar-refractivity contribution in [3.05, 3.63) is 44.8 Å². The van der Waals surface area contributed by atoms with Gasteiger partial charge in [0.2, 0.25) is 0 Å². The van der Waals surface area contributed by atoms with Gasteiger partial charge in [-0.2, -0.15) is 0 Å². The predicted octanol–water partition coefficient (Wildman–Crippen LogP) is 2.08. The Bertz CT molecular complexity index is 604. The van der Waals surface area contributed by atoms with Gasteiger partial charge in [-0.1, -0.05) is 6.07 Å². The van der Waals surface area contributed by atoms with Crippen LogP contribution in [0, 0.1) is 0 Å². The smallest absolute Gasteiger partial charge is 0.285 e. The molecule has 0 amide bonds. The molecule has 96 valence electrons. The van der Waals surface area contributed by atoms with Gasteiger partial charge in [0.05, 0.1) is 25.1 Å². The Kier molecular flexibility index (Phi) is 3.88. The number of aromatic amines is 1. The normalized spacial score (nSPS) is 10.6. The quantitative estimate of drug-likeness (QED) is 0.940. The van der Waals surface area contributed by atoms with Crippen molar-refractivity contribution in [1.82, 2.24) is 9.78 Å². The number of rotatable bonds is 4. The first kappa shape index (κ1) is 12.9. The number of aromatic nitrogens is 2. The molecule has 0 fully saturated rings. The topological polar surface area (TPSA) is 56.2 Å². The number of methoxy groups -OCH3 is 2. The maximum Gasteiger partial charge on any atom is 0.285 e. The lowest BCUT2D eigenvalue weighted by molar-refractivity contribution is 0.180. The van der Waals surface area contributed by atoms with Crippen LogP contribution in [-0.2, 0) is 11.3 Å². The minimum Gasteiger partial charge on any atom is -0.497 e. The Morgan fingerprint density at radius 1 is 1.39 bits per heavy atom. The van der Waals surface area contributed by atoms with Gasteiger partial charge in [0.15, 0.2) is 0 Å². The van der Waals surface area contributed by atoms with E-state index in [9.17, 15) is 4.79 Å². The lowest BCUT2D eigenvalue weighted by Crippen LogP contribution is -2.14. The van der Waals surface area contributed by atoms with Crippen LogP contribution >= 0.6 is 15.9 Å². The first-order chi connectivity index (χ1) is 8.67. The van der Waals surface area contributed by atoms with E-state index in [-0.39, 0.29) is 5.56 Å². The third kappa shape index (κ3) is 2.34. The van der Waals surface area contributed by atoms with Crippen molar-refractivity contribution >= 4 is 15.9 Å². The highest BCUT2D eigenvalue weighted by Crippen LogP contribution is 2.17. The van der Waals surface area contributed by atoms with E-state index in [0.717, 1.165) is 0 Å². The molecule has 18 heavy (non-hydrogen) atoms. The summed E-state index contributed by atoms with van der Waals surface area (Å²) in [4.78, 5) is 12.1. The molecule has 0 aliphatic heterocycles. The molecule has 0 unspecified atom stereocenters. The molecule has 6 heteroatoms. The summed E-state index contributed by atoms with van der Waals surface area (Å²) in [5.74, 6) is 0.693. The molecule has 0 spiro atoms. The summed E-state index contributed by atoms with van der Waals surface area (Å²) in [6, 6.07) is 7.25. The highest BCUT2D eigenvalue weighted by molar-refractivity contribution is 9.10. The Morgan fingerprint density at radius 2 is 2.17 bits per heavy atom. The van der Waals surface area contributed by atoms with Gasteiger partial charge in [-0.05, 0) is 28.1 Å². The molecule has 1 aromatic carbocycles. The Balaban J connectivity index is 2.50. The highest BCUT2D eigenvalue weighted by atomic mass is 79.9. The number of ether oxygens (including phenoxy) is 2. The number of hydrogen-bond acceptors (Lipinski definition) is 3. The lowest BCUT2D eigenvalue weighted by atomic mass is 10.3. The molecule has 0 saturated carbocycles. The van der Waals surface area contributed by atoms with Gasteiger partial charge in [0.25, 0.3) is 5.56 Å². The molecule has 1 N–H and O–H groups in total. The van der Waals surface area contributed by atoms with Crippen LogP contribution in [0.25, 0.3) is 5.69 Å². The van der Waals surface area contributed by atoms with E-state index < -0.39 is 0 Å². The molecule has 0 radical (unpaired) electrons. The number of benzene rings is 1. The highest BCUT2D eigenvalue weighted by Gasteiger charge is 2.12. The van der Waals surface area contributed by atoms with E-state index in [4.69, 9.17) is 9.47 Å². The number of hydrogen-bond donors (Lipinski definition) is 1. The molecular weight excluding hydrogens is 300 g/mol. The van der Waals surface area contributed by atoms with Crippen LogP contribution in [0.15, 0.2) is 33.5 Å². The second-order valence-electron chi connectivity index (χ2n) is 3.68. The van der Waals surface area contributed by atoms with E-state index in [1.807, 2.05) is 18.2 Å². The molecule has 1 heterocycles. The largest absolute Gasteiger partial charge is 0.497 e. The molecule has 2 rings (SSSR count). The summed E-state index contributed by atoms with van der Waals surface area (Å²) in [5, 5.41) is 2.99. The van der Waals surface area contributed by atoms with Crippen molar-refractivity contribution in [2.24, 2.45) is 0 Å². The van der Waals surface area contributed by atoms with Crippen molar-refractivity contribution in [1.29, 1.82) is 0 Å². The molecule has 5 nitrogen and oxygen atoms in total. The van der Waals surface area contributed by atoms with Crippen LogP contribution < -0.4 is 10.3 Å². The maximum absolute atomic E-state index is 12.1. The second-order valence-corrected chi connectivity index (χ2v) is 4.47. The third-order valence-corrected chi connectivity index (χ3v) is 3.32. The monoisotopic (exact) mass is 312 g/mol. The zero-order valence-corrected chi connectivity index (χ0v) is 11.7. The van der Waals surface area contributed by atoms with Gasteiger partial charge in [-0.3, -0.25) is 9.89 Å². The van der Waals surface area contributed by atoms with Gasteiger partial charge in [0.1, 0.15) is 10.2 Å². The number of nitrogens with one attached hydrogen (secondary N) is 1. The summed E-state index contributed by atoms with van der Waals surface area (Å²) in [6.07, 6.45) is 0. The molecule has 0 saturated heterocycles. The molecule has 0 bridgehead atoms. The summed E-state index contributed by atoms with van der Waals surface area (Å²) in [7, 11) is 3.16. The minimum atomic E-state index is -0.157. The Labute approximate surface area is 112 Å². The Hall–Kier alpha value is -1.53. The zero-order chi connectivity index (χ0) is 13.1. The summed E-state index contributed by atoms with van der Waals surface area (Å²) in [6.45, 7) is 0.340. The van der Waals surface area contributed by atoms with Crippen molar-refractivity contribution in [2.45, 2.75) is 6.61 Å². The van der Waals surface area contributed by atoms with E-state index in [2.05, 4.69) is 21.0 Å². The van der Waals surface area contributed by atoms with Crippen LogP contribution in [0.4, 0.5) is 0 Å². The second kappa shape index (κ2) is 5.41. The minimum absolute atomic E-state index is 0.157. The summed E-state index contributed by atoms with van der Waals surface area (Å²) in [5.41, 5.74) is 1.25. The van der Waals surface area contributed by atoms with Crippen LogP contribution in [0.3, 0.4) is 0 Å². The maximum atomic E-state index is 12.1. The standard InChI is InChI=1S/C12H13BrN2O3/c1-17-7-10-11(13)12(16)15(14-10)8-4-3-5-9(6-8)18-2/h3-6,14H,7H2,1-2H3. The van der Waals surface area contributed by atoms with Gasteiger partial charge in [0, 0.05) is 13.2 Å². The Morgan fingerprint density at radius 3 is 2.83 bits per heavy atom. The fraction of sp³-hybridized carbons (Fsp3) is 0.250. The van der Waals surface area contributed by atoms with Crippen LogP contribution in [0.2, 0.25) is 0 Å². The van der Waals surface area contributed by atoms with E-state index >= 15 is 0 Å². The van der Waals surface area contributed by atoms with Crippen molar-refractivity contribution in [2.75, 3.05) is 14.2 Å². The van der Waals surface area contributed by atoms with Crippen molar-refractivity contribution < 1.29 is 9.47 Å². The fourth-order valence-electron chi connectivity index (χ4n) is 1.63. The average Bonchev–Trinajstić information content (AvgIpc) is 2.68. The number of halogens is 1. The molecule has 0 aliphatic carbocycles. The van der Waals surface area contributed by atoms with E-state index in [1.54, 1.807) is 20.3 Å². The summed E-state index contributed by atoms with van der Waals surface area (Å²) >= 11 is 3.26. The van der Waals surface area contributed by atoms with Crippen LogP contribution in [-0.4, -0.2) is 24.0 Å². The zero-order valence-electron chi connectivity index (χ0n) is 10.1. The lowest BCUT2D eigenvalue weighted by Gasteiger charge is -2.04. The first-order valence-corrected chi connectivity index (χ1v) is 6.09. The molecular formula is C12H13BrN2O3. The van der Waals surface area contributed by atoms with Crippen LogP contribution in [0.5, 0.6) is 5.75 Å². The SMILES string of the molecule is COCc1[nH]n(-c2cccc(OC)c2)c(=O)c1Br. The van der Waals surface area contributed by atoms with Crippen LogP contribution in [0.1, 0.15) is 5.69 Å². The number of H-pyrrole nitrogens is 1. The average molecular weight is 313 g/mol. The fourth-order valence-corrected chi connectivity index (χ4v) is 2.01. The van der Waals surface area contributed by atoms with Crippen molar-refractivity contribution in [3.8, 4) is 11.4 Å². The first-order valence-electron chi connectivity index (χ1n) is 5.30. The van der Waals surface area contributed by atoms with E-state index in [0.29, 0.717) is 28.2 Å². The summed E-state index contributed by atoms with van der Waals surface area (Å²) < 4.78 is 12.1. The van der Waals surface area contributed by atoms with E-state index in [1.165, 1.54) is 4.68 Å². The van der Waals surface area contributed by atoms with Gasteiger partial charge in [-0.25, -0.2) is 4.68 Å². The predicted molar refractivity (Wildman–Crippen MR) is 71.4 cm³/mol. The molecule has 0 aliphatic rings. The molecule has 1 aromatic heterocycles. The third-order valence-electron chi connectivity index (χ3n) is 2.50. The molecule has 0 atom stereocenters.